The zero-order valence-corrected chi connectivity index (χ0v) is 12.5. The highest BCUT2D eigenvalue weighted by molar-refractivity contribution is 7.92. The summed E-state index contributed by atoms with van der Waals surface area (Å²) in [6, 6.07) is 13.5. The quantitative estimate of drug-likeness (QED) is 0.862. The molecule has 0 heterocycles. The summed E-state index contributed by atoms with van der Waals surface area (Å²) in [7, 11) is -3.44. The first-order valence-electron chi connectivity index (χ1n) is 6.21. The van der Waals surface area contributed by atoms with Crippen LogP contribution >= 0.6 is 0 Å². The van der Waals surface area contributed by atoms with Gasteiger partial charge in [-0.3, -0.25) is 9.52 Å². The highest BCUT2D eigenvalue weighted by Gasteiger charge is 2.12. The molecule has 110 valence electrons. The maximum atomic E-state index is 11.5. The number of ether oxygens (including phenoxy) is 1. The zero-order valence-electron chi connectivity index (χ0n) is 11.7. The molecule has 2 rings (SSSR count). The second-order valence-corrected chi connectivity index (χ2v) is 6.30. The first-order chi connectivity index (χ1) is 9.85. The third-order valence-corrected chi connectivity index (χ3v) is 3.25. The van der Waals surface area contributed by atoms with Crippen LogP contribution in [0.3, 0.4) is 0 Å². The molecule has 0 saturated carbocycles. The number of anilines is 1. The van der Waals surface area contributed by atoms with Crippen molar-refractivity contribution in [3.8, 4) is 11.5 Å². The fraction of sp³-hybridized carbons (Fsp3) is 0.133. The molecule has 0 bridgehead atoms. The van der Waals surface area contributed by atoms with E-state index in [-0.39, 0.29) is 17.2 Å². The van der Waals surface area contributed by atoms with Crippen LogP contribution in [0.4, 0.5) is 5.69 Å². The fourth-order valence-corrected chi connectivity index (χ4v) is 2.29. The summed E-state index contributed by atoms with van der Waals surface area (Å²) in [5, 5.41) is 0. The van der Waals surface area contributed by atoms with Gasteiger partial charge < -0.3 is 4.74 Å². The van der Waals surface area contributed by atoms with Gasteiger partial charge in [-0.15, -0.1) is 0 Å². The van der Waals surface area contributed by atoms with Crippen LogP contribution in [0, 0.1) is 0 Å². The Morgan fingerprint density at radius 1 is 1.10 bits per heavy atom. The Hall–Kier alpha value is -2.34. The van der Waals surface area contributed by atoms with Crippen molar-refractivity contribution in [3.05, 3.63) is 54.1 Å². The molecule has 6 heteroatoms. The number of hydrogen-bond donors (Lipinski definition) is 1. The van der Waals surface area contributed by atoms with Crippen LogP contribution in [0.1, 0.15) is 17.3 Å². The van der Waals surface area contributed by atoms with Crippen molar-refractivity contribution >= 4 is 21.5 Å². The van der Waals surface area contributed by atoms with Gasteiger partial charge in [0.2, 0.25) is 10.0 Å². The lowest BCUT2D eigenvalue weighted by atomic mass is 10.1. The van der Waals surface area contributed by atoms with E-state index < -0.39 is 10.0 Å². The number of Topliss-reactive ketones (excluding diaryl/α,β-unsaturated/α-hetero) is 1. The number of carbonyl (C=O) groups is 1. The summed E-state index contributed by atoms with van der Waals surface area (Å²) in [6.07, 6.45) is 1.05. The van der Waals surface area contributed by atoms with Gasteiger partial charge in [-0.05, 0) is 37.3 Å². The molecule has 0 aliphatic heterocycles. The van der Waals surface area contributed by atoms with Crippen molar-refractivity contribution in [2.75, 3.05) is 11.0 Å². The Morgan fingerprint density at radius 3 is 2.33 bits per heavy atom. The first-order valence-corrected chi connectivity index (χ1v) is 8.10. The Labute approximate surface area is 123 Å². The van der Waals surface area contributed by atoms with Crippen molar-refractivity contribution in [2.24, 2.45) is 0 Å². The maximum Gasteiger partial charge on any atom is 0.229 e. The van der Waals surface area contributed by atoms with Gasteiger partial charge in [-0.2, -0.15) is 0 Å². The number of ketones is 1. The molecule has 0 atom stereocenters. The second-order valence-electron chi connectivity index (χ2n) is 4.56. The summed E-state index contributed by atoms with van der Waals surface area (Å²) in [5.41, 5.74) is 0.728. The number of rotatable bonds is 5. The smallest absolute Gasteiger partial charge is 0.229 e. The highest BCUT2D eigenvalue weighted by atomic mass is 32.2. The van der Waals surface area contributed by atoms with Crippen molar-refractivity contribution in [1.29, 1.82) is 0 Å². The van der Waals surface area contributed by atoms with Crippen LogP contribution in [0.25, 0.3) is 0 Å². The fourth-order valence-electron chi connectivity index (χ4n) is 1.73. The van der Waals surface area contributed by atoms with Gasteiger partial charge in [-0.25, -0.2) is 8.42 Å². The number of benzene rings is 2. The van der Waals surface area contributed by atoms with E-state index in [0.29, 0.717) is 11.3 Å². The van der Waals surface area contributed by atoms with Crippen LogP contribution in [0.2, 0.25) is 0 Å². The normalized spacial score (nSPS) is 11.0. The van der Waals surface area contributed by atoms with Crippen molar-refractivity contribution < 1.29 is 17.9 Å². The Kier molecular flexibility index (Phi) is 4.28. The average molecular weight is 305 g/mol. The van der Waals surface area contributed by atoms with Crippen LogP contribution in [0.15, 0.2) is 48.5 Å². The SMILES string of the molecule is CC(=O)c1ccc(NS(C)(=O)=O)c(Oc2ccccc2)c1. The van der Waals surface area contributed by atoms with E-state index in [0.717, 1.165) is 6.26 Å². The predicted octanol–water partition coefficient (Wildman–Crippen LogP) is 3.05. The molecule has 0 amide bonds. The number of sulfonamides is 1. The molecule has 2 aromatic rings. The predicted molar refractivity (Wildman–Crippen MR) is 81.4 cm³/mol. The molecule has 0 unspecified atom stereocenters. The topological polar surface area (TPSA) is 72.5 Å². The molecule has 0 aliphatic carbocycles. The van der Waals surface area contributed by atoms with Crippen LogP contribution in [-0.2, 0) is 10.0 Å². The monoisotopic (exact) mass is 305 g/mol. The van der Waals surface area contributed by atoms with Gasteiger partial charge in [0, 0.05) is 5.56 Å². The van der Waals surface area contributed by atoms with Gasteiger partial charge in [0.05, 0.1) is 11.9 Å². The third kappa shape index (κ3) is 4.32. The minimum atomic E-state index is -3.44. The van der Waals surface area contributed by atoms with E-state index >= 15 is 0 Å². The Bertz CT molecular complexity index is 754. The summed E-state index contributed by atoms with van der Waals surface area (Å²) in [5.74, 6) is 0.702. The van der Waals surface area contributed by atoms with Gasteiger partial charge in [0.15, 0.2) is 11.5 Å². The molecule has 0 saturated heterocycles. The third-order valence-electron chi connectivity index (χ3n) is 2.65. The van der Waals surface area contributed by atoms with Crippen LogP contribution in [-0.4, -0.2) is 20.5 Å². The number of hydrogen-bond acceptors (Lipinski definition) is 4. The number of nitrogens with one attached hydrogen (secondary N) is 1. The van der Waals surface area contributed by atoms with Gasteiger partial charge in [0.1, 0.15) is 5.75 Å². The molecule has 0 radical (unpaired) electrons. The number of carbonyl (C=O) groups excluding carboxylic acids is 1. The molecule has 0 aromatic heterocycles. The second kappa shape index (κ2) is 5.97. The Morgan fingerprint density at radius 2 is 1.76 bits per heavy atom. The molecule has 21 heavy (non-hydrogen) atoms. The molecule has 0 fully saturated rings. The molecular formula is C15H15NO4S. The van der Waals surface area contributed by atoms with Gasteiger partial charge >= 0.3 is 0 Å². The average Bonchev–Trinajstić information content (AvgIpc) is 2.40. The zero-order chi connectivity index (χ0) is 15.5. The molecule has 1 N–H and O–H groups in total. The van der Waals surface area contributed by atoms with E-state index in [1.807, 2.05) is 6.07 Å². The van der Waals surface area contributed by atoms with Crippen molar-refractivity contribution in [3.63, 3.8) is 0 Å². The van der Waals surface area contributed by atoms with Crippen LogP contribution < -0.4 is 9.46 Å². The van der Waals surface area contributed by atoms with E-state index in [1.165, 1.54) is 19.1 Å². The molecule has 0 spiro atoms. The lowest BCUT2D eigenvalue weighted by Crippen LogP contribution is -2.10. The lowest BCUT2D eigenvalue weighted by Gasteiger charge is -2.13. The minimum absolute atomic E-state index is 0.126. The summed E-state index contributed by atoms with van der Waals surface area (Å²) in [6.45, 7) is 1.44. The largest absolute Gasteiger partial charge is 0.455 e. The van der Waals surface area contributed by atoms with Crippen molar-refractivity contribution in [1.82, 2.24) is 0 Å². The van der Waals surface area contributed by atoms with E-state index in [9.17, 15) is 13.2 Å². The van der Waals surface area contributed by atoms with Crippen LogP contribution in [0.5, 0.6) is 11.5 Å². The summed E-state index contributed by atoms with van der Waals surface area (Å²) >= 11 is 0. The van der Waals surface area contributed by atoms with E-state index in [4.69, 9.17) is 4.74 Å². The lowest BCUT2D eigenvalue weighted by molar-refractivity contribution is 0.101. The first kappa shape index (κ1) is 15.1. The summed E-state index contributed by atoms with van der Waals surface area (Å²) < 4.78 is 30.8. The minimum Gasteiger partial charge on any atom is -0.455 e. The maximum absolute atomic E-state index is 11.5. The molecule has 2 aromatic carbocycles. The van der Waals surface area contributed by atoms with Gasteiger partial charge in [0.25, 0.3) is 0 Å². The van der Waals surface area contributed by atoms with Crippen molar-refractivity contribution in [2.45, 2.75) is 6.92 Å². The Balaban J connectivity index is 2.43. The molecule has 5 nitrogen and oxygen atoms in total. The van der Waals surface area contributed by atoms with Gasteiger partial charge in [-0.1, -0.05) is 18.2 Å². The van der Waals surface area contributed by atoms with E-state index in [2.05, 4.69) is 4.72 Å². The standard InChI is InChI=1S/C15H15NO4S/c1-11(17)12-8-9-14(16-21(2,18)19)15(10-12)20-13-6-4-3-5-7-13/h3-10,16H,1-2H3. The number of para-hydroxylation sites is 1. The van der Waals surface area contributed by atoms with E-state index in [1.54, 1.807) is 30.3 Å². The summed E-state index contributed by atoms with van der Waals surface area (Å²) in [4.78, 5) is 11.5. The highest BCUT2D eigenvalue weighted by Crippen LogP contribution is 2.31. The molecular weight excluding hydrogens is 290 g/mol. The molecule has 0 aliphatic rings.